The van der Waals surface area contributed by atoms with Crippen molar-refractivity contribution in [1.29, 1.82) is 0 Å². The molecule has 0 amide bonds. The Labute approximate surface area is 156 Å². The van der Waals surface area contributed by atoms with Gasteiger partial charge in [0, 0.05) is 22.1 Å². The molecule has 1 aromatic heterocycles. The Hall–Kier alpha value is -3.08. The molecule has 0 saturated carbocycles. The van der Waals surface area contributed by atoms with E-state index in [1.54, 1.807) is 37.3 Å². The maximum absolute atomic E-state index is 12.4. The van der Waals surface area contributed by atoms with E-state index in [0.29, 0.717) is 22.5 Å². The zero-order valence-corrected chi connectivity index (χ0v) is 15.0. The number of benzene rings is 2. The second-order valence-electron chi connectivity index (χ2n) is 6.87. The molecule has 5 heteroatoms. The van der Waals surface area contributed by atoms with Crippen molar-refractivity contribution in [2.45, 2.75) is 38.7 Å². The fourth-order valence-corrected chi connectivity index (χ4v) is 3.77. The van der Waals surface area contributed by atoms with Gasteiger partial charge in [0.15, 0.2) is 0 Å². The highest BCUT2D eigenvalue weighted by Crippen LogP contribution is 2.34. The highest BCUT2D eigenvalue weighted by Gasteiger charge is 2.24. The maximum atomic E-state index is 12.4. The first-order chi connectivity index (χ1) is 13.1. The van der Waals surface area contributed by atoms with Crippen molar-refractivity contribution in [3.63, 3.8) is 0 Å². The van der Waals surface area contributed by atoms with Crippen molar-refractivity contribution in [2.24, 2.45) is 0 Å². The molecule has 0 aliphatic heterocycles. The van der Waals surface area contributed by atoms with E-state index in [1.807, 2.05) is 12.1 Å². The Kier molecular flexibility index (Phi) is 4.44. The lowest BCUT2D eigenvalue weighted by atomic mass is 9.90. The molecule has 0 saturated heterocycles. The summed E-state index contributed by atoms with van der Waals surface area (Å²) in [5.41, 5.74) is 3.21. The Balaban J connectivity index is 1.80. The van der Waals surface area contributed by atoms with E-state index in [2.05, 4.69) is 0 Å². The largest absolute Gasteiger partial charge is 0.478 e. The lowest BCUT2D eigenvalue weighted by molar-refractivity contribution is -0.145. The first kappa shape index (κ1) is 17.3. The summed E-state index contributed by atoms with van der Waals surface area (Å²) in [6.45, 7) is 1.79. The predicted octanol–water partition coefficient (Wildman–Crippen LogP) is 4.18. The topological polar surface area (TPSA) is 76.7 Å². The minimum Gasteiger partial charge on any atom is -0.478 e. The van der Waals surface area contributed by atoms with Crippen LogP contribution in [0, 0.1) is 6.92 Å². The van der Waals surface area contributed by atoms with Crippen LogP contribution in [0.5, 0.6) is 5.75 Å². The van der Waals surface area contributed by atoms with E-state index in [1.165, 1.54) is 0 Å². The van der Waals surface area contributed by atoms with Crippen LogP contribution in [-0.4, -0.2) is 11.1 Å². The number of aryl methyl sites for hydroxylation is 2. The number of carboxylic acid groups (broad SMARTS) is 1. The van der Waals surface area contributed by atoms with Crippen LogP contribution >= 0.6 is 0 Å². The normalized spacial score (nSPS) is 14.6. The van der Waals surface area contributed by atoms with Crippen LogP contribution in [0.4, 0.5) is 0 Å². The molecular weight excluding hydrogens is 344 g/mol. The molecule has 1 heterocycles. The second-order valence-corrected chi connectivity index (χ2v) is 6.87. The minimum atomic E-state index is -1.13. The van der Waals surface area contributed by atoms with Crippen LogP contribution in [-0.2, 0) is 17.6 Å². The molecular formula is C22H20O5. The SMILES string of the molecule is Cc1c(O[C@@H](C(=O)O)c2ccccc2)ccc2c3c(c(=O)oc12)CCCC3. The quantitative estimate of drug-likeness (QED) is 0.703. The lowest BCUT2D eigenvalue weighted by Gasteiger charge is -2.20. The standard InChI is InChI=1S/C22H20O5/c1-13-18(26-20(21(23)24)14-7-3-2-4-8-14)12-11-16-15-9-5-6-10-17(15)22(25)27-19(13)16/h2-4,7-8,11-12,20H,5-6,9-10H2,1H3,(H,23,24)/t20-/m1/s1. The minimum absolute atomic E-state index is 0.296. The van der Waals surface area contributed by atoms with Gasteiger partial charge in [-0.25, -0.2) is 9.59 Å². The summed E-state index contributed by atoms with van der Waals surface area (Å²) >= 11 is 0. The average molecular weight is 364 g/mol. The Bertz CT molecular complexity index is 1070. The van der Waals surface area contributed by atoms with Gasteiger partial charge in [-0.3, -0.25) is 0 Å². The Morgan fingerprint density at radius 1 is 1.07 bits per heavy atom. The van der Waals surface area contributed by atoms with Gasteiger partial charge >= 0.3 is 11.6 Å². The van der Waals surface area contributed by atoms with Gasteiger partial charge in [-0.15, -0.1) is 0 Å². The van der Waals surface area contributed by atoms with E-state index in [0.717, 1.165) is 42.2 Å². The molecule has 3 aromatic rings. The van der Waals surface area contributed by atoms with E-state index in [-0.39, 0.29) is 5.63 Å². The van der Waals surface area contributed by atoms with Crippen molar-refractivity contribution < 1.29 is 19.1 Å². The number of ether oxygens (including phenoxy) is 1. The smallest absolute Gasteiger partial charge is 0.349 e. The first-order valence-corrected chi connectivity index (χ1v) is 9.09. The van der Waals surface area contributed by atoms with E-state index in [9.17, 15) is 14.7 Å². The fraction of sp³-hybridized carbons (Fsp3) is 0.273. The van der Waals surface area contributed by atoms with Crippen molar-refractivity contribution in [2.75, 3.05) is 0 Å². The molecule has 1 aliphatic rings. The van der Waals surface area contributed by atoms with Crippen molar-refractivity contribution in [1.82, 2.24) is 0 Å². The van der Waals surface area contributed by atoms with Crippen LogP contribution in [0.1, 0.15) is 41.2 Å². The summed E-state index contributed by atoms with van der Waals surface area (Å²) in [5.74, 6) is -0.676. The van der Waals surface area contributed by atoms with Gasteiger partial charge in [0.2, 0.25) is 6.10 Å². The van der Waals surface area contributed by atoms with Gasteiger partial charge in [0.05, 0.1) is 0 Å². The third-order valence-corrected chi connectivity index (χ3v) is 5.16. The number of rotatable bonds is 4. The molecule has 4 rings (SSSR count). The van der Waals surface area contributed by atoms with E-state index in [4.69, 9.17) is 9.15 Å². The van der Waals surface area contributed by atoms with Gasteiger partial charge in [0.1, 0.15) is 11.3 Å². The second kappa shape index (κ2) is 6.91. The zero-order chi connectivity index (χ0) is 19.0. The Morgan fingerprint density at radius 3 is 2.48 bits per heavy atom. The molecule has 0 bridgehead atoms. The third-order valence-electron chi connectivity index (χ3n) is 5.16. The van der Waals surface area contributed by atoms with Gasteiger partial charge in [-0.2, -0.15) is 0 Å². The predicted molar refractivity (Wildman–Crippen MR) is 101 cm³/mol. The monoisotopic (exact) mass is 364 g/mol. The highest BCUT2D eigenvalue weighted by molar-refractivity contribution is 5.86. The van der Waals surface area contributed by atoms with Gasteiger partial charge < -0.3 is 14.3 Å². The summed E-state index contributed by atoms with van der Waals surface area (Å²) in [7, 11) is 0. The Morgan fingerprint density at radius 2 is 1.78 bits per heavy atom. The summed E-state index contributed by atoms with van der Waals surface area (Å²) in [5, 5.41) is 10.5. The van der Waals surface area contributed by atoms with Crippen LogP contribution in [0.15, 0.2) is 51.7 Å². The molecule has 0 radical (unpaired) electrons. The summed E-state index contributed by atoms with van der Waals surface area (Å²) < 4.78 is 11.4. The van der Waals surface area contributed by atoms with Crippen LogP contribution in [0.3, 0.4) is 0 Å². The van der Waals surface area contributed by atoms with Crippen LogP contribution in [0.25, 0.3) is 11.0 Å². The van der Waals surface area contributed by atoms with Gasteiger partial charge in [-0.05, 0) is 50.3 Å². The molecule has 5 nitrogen and oxygen atoms in total. The number of carbonyl (C=O) groups is 1. The van der Waals surface area contributed by atoms with Crippen LogP contribution < -0.4 is 10.4 Å². The number of aliphatic carboxylic acids is 1. The highest BCUT2D eigenvalue weighted by atomic mass is 16.5. The molecule has 138 valence electrons. The summed E-state index contributed by atoms with van der Waals surface area (Å²) in [4.78, 5) is 24.1. The average Bonchev–Trinajstić information content (AvgIpc) is 2.69. The van der Waals surface area contributed by atoms with Crippen LogP contribution in [0.2, 0.25) is 0 Å². The summed E-state index contributed by atoms with van der Waals surface area (Å²) in [6.07, 6.45) is 2.53. The van der Waals surface area contributed by atoms with Crippen molar-refractivity contribution in [3.8, 4) is 5.75 Å². The summed E-state index contributed by atoms with van der Waals surface area (Å²) in [6, 6.07) is 12.4. The number of hydrogen-bond acceptors (Lipinski definition) is 4. The van der Waals surface area contributed by atoms with Crippen molar-refractivity contribution in [3.05, 3.63) is 75.1 Å². The fourth-order valence-electron chi connectivity index (χ4n) is 3.77. The molecule has 2 aromatic carbocycles. The molecule has 1 atom stereocenters. The lowest BCUT2D eigenvalue weighted by Crippen LogP contribution is -2.19. The maximum Gasteiger partial charge on any atom is 0.349 e. The van der Waals surface area contributed by atoms with Crippen molar-refractivity contribution >= 4 is 16.9 Å². The molecule has 0 unspecified atom stereocenters. The number of carboxylic acids is 1. The van der Waals surface area contributed by atoms with Gasteiger partial charge in [0.25, 0.3) is 0 Å². The molecule has 0 fully saturated rings. The number of hydrogen-bond donors (Lipinski definition) is 1. The van der Waals surface area contributed by atoms with E-state index >= 15 is 0 Å². The van der Waals surface area contributed by atoms with E-state index < -0.39 is 12.1 Å². The molecule has 1 aliphatic carbocycles. The molecule has 27 heavy (non-hydrogen) atoms. The number of fused-ring (bicyclic) bond motifs is 3. The molecule has 0 spiro atoms. The third kappa shape index (κ3) is 3.10. The first-order valence-electron chi connectivity index (χ1n) is 9.09. The molecule has 1 N–H and O–H groups in total. The zero-order valence-electron chi connectivity index (χ0n) is 15.0. The van der Waals surface area contributed by atoms with Gasteiger partial charge in [-0.1, -0.05) is 30.3 Å².